The van der Waals surface area contributed by atoms with Crippen LogP contribution in [0.1, 0.15) is 0 Å². The Labute approximate surface area is 122 Å². The van der Waals surface area contributed by atoms with Crippen LogP contribution in [0.4, 0.5) is 0 Å². The summed E-state index contributed by atoms with van der Waals surface area (Å²) in [5.41, 5.74) is 0.800. The van der Waals surface area contributed by atoms with Crippen LogP contribution in [0, 0.1) is 0 Å². The van der Waals surface area contributed by atoms with Crippen molar-refractivity contribution in [2.45, 2.75) is 11.4 Å². The molecule has 1 aromatic carbocycles. The Hall–Kier alpha value is -1.53. The summed E-state index contributed by atoms with van der Waals surface area (Å²) in [6.07, 6.45) is 1.18. The summed E-state index contributed by atoms with van der Waals surface area (Å²) in [7, 11) is -3.39. The highest BCUT2D eigenvalue weighted by molar-refractivity contribution is 7.91. The minimum absolute atomic E-state index is 0.188. The second kappa shape index (κ2) is 4.79. The van der Waals surface area contributed by atoms with E-state index in [1.54, 1.807) is 10.6 Å². The van der Waals surface area contributed by atoms with Crippen LogP contribution in [0.25, 0.3) is 10.9 Å². The zero-order valence-corrected chi connectivity index (χ0v) is 12.5. The van der Waals surface area contributed by atoms with Crippen molar-refractivity contribution in [3.63, 3.8) is 0 Å². The maximum absolute atomic E-state index is 12.0. The third-order valence-electron chi connectivity index (χ3n) is 3.29. The molecule has 0 radical (unpaired) electrons. The van der Waals surface area contributed by atoms with E-state index in [0.717, 1.165) is 24.4 Å². The third-order valence-corrected chi connectivity index (χ3v) is 4.95. The lowest BCUT2D eigenvalue weighted by Crippen LogP contribution is -2.23. The van der Waals surface area contributed by atoms with Gasteiger partial charge in [-0.25, -0.2) is 8.42 Å². The molecule has 0 spiro atoms. The molecule has 0 atom stereocenters. The van der Waals surface area contributed by atoms with Crippen molar-refractivity contribution in [3.8, 4) is 0 Å². The standard InChI is InChI=1S/C13H14ClN3O2S/c1-20(18,19)12-9-4-2-3-5-10(9)17(13(12)14)8-11-15-6-7-16-11/h2-5H,6-8H2,1H3,(H,15,16). The number of benzene rings is 1. The van der Waals surface area contributed by atoms with E-state index in [1.165, 1.54) is 6.26 Å². The van der Waals surface area contributed by atoms with Gasteiger partial charge in [0, 0.05) is 18.2 Å². The van der Waals surface area contributed by atoms with Crippen LogP contribution in [-0.2, 0) is 16.4 Å². The SMILES string of the molecule is CS(=O)(=O)c1c(Cl)n(CC2=NCCN2)c2ccccc12. The zero-order valence-electron chi connectivity index (χ0n) is 10.9. The molecule has 7 heteroatoms. The average Bonchev–Trinajstić information content (AvgIpc) is 2.96. The van der Waals surface area contributed by atoms with E-state index in [4.69, 9.17) is 11.6 Å². The first-order chi connectivity index (χ1) is 9.48. The van der Waals surface area contributed by atoms with Crippen molar-refractivity contribution >= 4 is 38.2 Å². The summed E-state index contributed by atoms with van der Waals surface area (Å²) in [4.78, 5) is 4.52. The molecular formula is C13H14ClN3O2S. The van der Waals surface area contributed by atoms with E-state index >= 15 is 0 Å². The van der Waals surface area contributed by atoms with Crippen molar-refractivity contribution in [1.29, 1.82) is 0 Å². The molecule has 1 aromatic heterocycles. The van der Waals surface area contributed by atoms with Crippen LogP contribution in [0.3, 0.4) is 0 Å². The fourth-order valence-electron chi connectivity index (χ4n) is 2.45. The van der Waals surface area contributed by atoms with Crippen LogP contribution in [-0.4, -0.2) is 38.2 Å². The maximum atomic E-state index is 12.0. The highest BCUT2D eigenvalue weighted by atomic mass is 35.5. The molecule has 1 N–H and O–H groups in total. The predicted octanol–water partition coefficient (Wildman–Crippen LogP) is 1.70. The third kappa shape index (κ3) is 2.19. The molecule has 0 saturated heterocycles. The van der Waals surface area contributed by atoms with Gasteiger partial charge in [0.2, 0.25) is 0 Å². The molecule has 20 heavy (non-hydrogen) atoms. The Morgan fingerprint density at radius 2 is 2.15 bits per heavy atom. The van der Waals surface area contributed by atoms with Crippen molar-refractivity contribution < 1.29 is 8.42 Å². The number of nitrogens with zero attached hydrogens (tertiary/aromatic N) is 2. The average molecular weight is 312 g/mol. The van der Waals surface area contributed by atoms with Gasteiger partial charge in [-0.05, 0) is 6.07 Å². The summed E-state index contributed by atoms with van der Waals surface area (Å²) in [5.74, 6) is 0.827. The second-order valence-electron chi connectivity index (χ2n) is 4.75. The topological polar surface area (TPSA) is 63.5 Å². The smallest absolute Gasteiger partial charge is 0.179 e. The molecule has 106 valence electrons. The van der Waals surface area contributed by atoms with Crippen molar-refractivity contribution in [2.24, 2.45) is 4.99 Å². The fraction of sp³-hybridized carbons (Fsp3) is 0.308. The van der Waals surface area contributed by atoms with E-state index in [-0.39, 0.29) is 10.0 Å². The molecule has 3 rings (SSSR count). The molecule has 0 bridgehead atoms. The molecule has 0 unspecified atom stereocenters. The van der Waals surface area contributed by atoms with Gasteiger partial charge in [-0.3, -0.25) is 4.99 Å². The number of aliphatic imine (C=N–C) groups is 1. The van der Waals surface area contributed by atoms with Crippen LogP contribution < -0.4 is 5.32 Å². The minimum Gasteiger partial charge on any atom is -0.370 e. The van der Waals surface area contributed by atoms with Crippen LogP contribution in [0.5, 0.6) is 0 Å². The number of hydrogen-bond donors (Lipinski definition) is 1. The number of halogens is 1. The Morgan fingerprint density at radius 1 is 1.40 bits per heavy atom. The van der Waals surface area contributed by atoms with Crippen LogP contribution in [0.15, 0.2) is 34.2 Å². The van der Waals surface area contributed by atoms with Gasteiger partial charge in [0.15, 0.2) is 9.84 Å². The summed E-state index contributed by atoms with van der Waals surface area (Å²) >= 11 is 6.32. The van der Waals surface area contributed by atoms with Gasteiger partial charge < -0.3 is 9.88 Å². The van der Waals surface area contributed by atoms with Crippen molar-refractivity contribution in [2.75, 3.05) is 19.3 Å². The van der Waals surface area contributed by atoms with Gasteiger partial charge in [0.25, 0.3) is 0 Å². The highest BCUT2D eigenvalue weighted by Gasteiger charge is 2.23. The largest absolute Gasteiger partial charge is 0.370 e. The van der Waals surface area contributed by atoms with Crippen molar-refractivity contribution in [1.82, 2.24) is 9.88 Å². The van der Waals surface area contributed by atoms with E-state index < -0.39 is 9.84 Å². The number of hydrogen-bond acceptors (Lipinski definition) is 4. The van der Waals surface area contributed by atoms with Crippen LogP contribution in [0.2, 0.25) is 5.15 Å². The summed E-state index contributed by atoms with van der Waals surface area (Å²) in [5, 5.41) is 4.06. The highest BCUT2D eigenvalue weighted by Crippen LogP contribution is 2.33. The van der Waals surface area contributed by atoms with Gasteiger partial charge in [-0.1, -0.05) is 29.8 Å². The number of sulfone groups is 1. The monoisotopic (exact) mass is 311 g/mol. The van der Waals surface area contributed by atoms with E-state index in [2.05, 4.69) is 10.3 Å². The number of aromatic nitrogens is 1. The maximum Gasteiger partial charge on any atom is 0.179 e. The molecule has 1 aliphatic heterocycles. The molecule has 2 aromatic rings. The lowest BCUT2D eigenvalue weighted by Gasteiger charge is -2.07. The van der Waals surface area contributed by atoms with E-state index in [9.17, 15) is 8.42 Å². The Bertz CT molecular complexity index is 808. The van der Waals surface area contributed by atoms with E-state index in [1.807, 2.05) is 18.2 Å². The number of nitrogens with one attached hydrogen (secondary N) is 1. The first kappa shape index (κ1) is 13.5. The first-order valence-corrected chi connectivity index (χ1v) is 8.49. The molecule has 0 saturated carbocycles. The lowest BCUT2D eigenvalue weighted by atomic mass is 10.2. The molecule has 5 nitrogen and oxygen atoms in total. The van der Waals surface area contributed by atoms with E-state index in [0.29, 0.717) is 11.9 Å². The lowest BCUT2D eigenvalue weighted by molar-refractivity contribution is 0.602. The van der Waals surface area contributed by atoms with Crippen LogP contribution >= 0.6 is 11.6 Å². The number of amidine groups is 1. The molecule has 1 aliphatic rings. The number of para-hydroxylation sites is 1. The quantitative estimate of drug-likeness (QED) is 0.938. The molecule has 2 heterocycles. The Balaban J connectivity index is 2.24. The van der Waals surface area contributed by atoms with Crippen molar-refractivity contribution in [3.05, 3.63) is 29.4 Å². The Morgan fingerprint density at radius 3 is 2.80 bits per heavy atom. The molecular weight excluding hydrogens is 298 g/mol. The fourth-order valence-corrected chi connectivity index (χ4v) is 4.11. The molecule has 0 aliphatic carbocycles. The molecule has 0 amide bonds. The second-order valence-corrected chi connectivity index (χ2v) is 7.06. The first-order valence-electron chi connectivity index (χ1n) is 6.22. The van der Waals surface area contributed by atoms with Gasteiger partial charge in [-0.15, -0.1) is 0 Å². The number of rotatable bonds is 3. The van der Waals surface area contributed by atoms with Gasteiger partial charge in [0.05, 0.1) is 18.6 Å². The normalized spacial score (nSPS) is 15.4. The van der Waals surface area contributed by atoms with Gasteiger partial charge in [0.1, 0.15) is 15.9 Å². The summed E-state index contributed by atoms with van der Waals surface area (Å²) in [6.45, 7) is 2.01. The Kier molecular flexibility index (Phi) is 3.22. The zero-order chi connectivity index (χ0) is 14.3. The molecule has 0 fully saturated rings. The number of fused-ring (bicyclic) bond motifs is 1. The van der Waals surface area contributed by atoms with Gasteiger partial charge >= 0.3 is 0 Å². The van der Waals surface area contributed by atoms with Gasteiger partial charge in [-0.2, -0.15) is 0 Å². The summed E-state index contributed by atoms with van der Waals surface area (Å²) in [6, 6.07) is 7.32. The predicted molar refractivity (Wildman–Crippen MR) is 80.4 cm³/mol. The minimum atomic E-state index is -3.39. The summed E-state index contributed by atoms with van der Waals surface area (Å²) < 4.78 is 25.7.